The van der Waals surface area contributed by atoms with Crippen LogP contribution in [0.1, 0.15) is 55.1 Å². The molecular weight excluding hydrogens is 330 g/mol. The van der Waals surface area contributed by atoms with Crippen LogP contribution in [0.4, 0.5) is 0 Å². The molecule has 1 aliphatic carbocycles. The Balaban J connectivity index is 1.57. The highest BCUT2D eigenvalue weighted by Crippen LogP contribution is 2.18. The molecule has 1 fully saturated rings. The first-order chi connectivity index (χ1) is 12.5. The van der Waals surface area contributed by atoms with Gasteiger partial charge in [-0.05, 0) is 57.0 Å². The molecule has 1 heterocycles. The molecule has 1 aromatic carbocycles. The van der Waals surface area contributed by atoms with E-state index in [-0.39, 0.29) is 11.9 Å². The second-order valence-corrected chi connectivity index (χ2v) is 6.82. The molecule has 6 nitrogen and oxygen atoms in total. The first-order valence-corrected chi connectivity index (χ1v) is 9.17. The third kappa shape index (κ3) is 4.31. The maximum absolute atomic E-state index is 12.3. The molecule has 0 bridgehead atoms. The number of carbonyl (C=O) groups is 2. The summed E-state index contributed by atoms with van der Waals surface area (Å²) >= 11 is 0. The quantitative estimate of drug-likeness (QED) is 0.836. The van der Waals surface area contributed by atoms with E-state index >= 15 is 0 Å². The molecule has 3 rings (SSSR count). The lowest BCUT2D eigenvalue weighted by Crippen LogP contribution is -2.42. The summed E-state index contributed by atoms with van der Waals surface area (Å²) in [5, 5.41) is 7.22. The zero-order chi connectivity index (χ0) is 18.5. The highest BCUT2D eigenvalue weighted by atomic mass is 16.5. The van der Waals surface area contributed by atoms with Gasteiger partial charge in [0, 0.05) is 17.9 Å². The van der Waals surface area contributed by atoms with Gasteiger partial charge in [-0.3, -0.25) is 4.79 Å². The Kier molecular flexibility index (Phi) is 5.71. The number of ether oxygens (including phenoxy) is 1. The number of hydrogen-bond donors (Lipinski definition) is 1. The highest BCUT2D eigenvalue weighted by Gasteiger charge is 2.22. The highest BCUT2D eigenvalue weighted by molar-refractivity contribution is 5.92. The summed E-state index contributed by atoms with van der Waals surface area (Å²) in [4.78, 5) is 24.5. The van der Waals surface area contributed by atoms with Crippen LogP contribution < -0.4 is 5.32 Å². The lowest BCUT2D eigenvalue weighted by Gasteiger charge is -2.24. The smallest absolute Gasteiger partial charge is 0.338 e. The third-order valence-electron chi connectivity index (χ3n) is 4.78. The van der Waals surface area contributed by atoms with Gasteiger partial charge >= 0.3 is 5.97 Å². The van der Waals surface area contributed by atoms with Crippen LogP contribution in [0.5, 0.6) is 0 Å². The molecule has 1 N–H and O–H groups in total. The summed E-state index contributed by atoms with van der Waals surface area (Å²) in [5.41, 5.74) is 2.29. The van der Waals surface area contributed by atoms with Gasteiger partial charge in [0.2, 0.25) is 0 Å². The molecule has 2 aromatic rings. The van der Waals surface area contributed by atoms with Crippen molar-refractivity contribution in [2.24, 2.45) is 0 Å². The molecule has 0 radical (unpaired) electrons. The van der Waals surface area contributed by atoms with Crippen molar-refractivity contribution < 1.29 is 14.3 Å². The molecule has 1 saturated carbocycles. The number of nitrogens with zero attached hydrogens (tertiary/aromatic N) is 2. The number of amides is 1. The topological polar surface area (TPSA) is 73.2 Å². The van der Waals surface area contributed by atoms with Gasteiger partial charge in [-0.1, -0.05) is 19.3 Å². The van der Waals surface area contributed by atoms with Crippen molar-refractivity contribution in [3.8, 4) is 5.69 Å². The molecule has 1 amide bonds. The van der Waals surface area contributed by atoms with Crippen molar-refractivity contribution in [2.45, 2.75) is 58.1 Å². The fourth-order valence-electron chi connectivity index (χ4n) is 3.23. The van der Waals surface area contributed by atoms with E-state index in [0.29, 0.717) is 5.56 Å². The fourth-order valence-corrected chi connectivity index (χ4v) is 3.23. The molecule has 26 heavy (non-hydrogen) atoms. The molecule has 1 aromatic heterocycles. The van der Waals surface area contributed by atoms with E-state index in [1.165, 1.54) is 6.42 Å². The lowest BCUT2D eigenvalue weighted by atomic mass is 9.95. The summed E-state index contributed by atoms with van der Waals surface area (Å²) in [6, 6.07) is 9.10. The van der Waals surface area contributed by atoms with Crippen LogP contribution in [-0.2, 0) is 9.53 Å². The summed E-state index contributed by atoms with van der Waals surface area (Å²) in [7, 11) is 0. The average Bonchev–Trinajstić information content (AvgIpc) is 3.08. The van der Waals surface area contributed by atoms with Gasteiger partial charge in [0.25, 0.3) is 5.91 Å². The number of carbonyl (C=O) groups excluding carboxylic acids is 2. The van der Waals surface area contributed by atoms with Crippen LogP contribution in [0, 0.1) is 6.92 Å². The average molecular weight is 355 g/mol. The maximum atomic E-state index is 12.3. The van der Waals surface area contributed by atoms with Crippen LogP contribution >= 0.6 is 0 Å². The maximum Gasteiger partial charge on any atom is 0.338 e. The number of aryl methyl sites for hydroxylation is 1. The number of esters is 1. The molecule has 1 atom stereocenters. The van der Waals surface area contributed by atoms with Gasteiger partial charge in [0.05, 0.1) is 11.3 Å². The third-order valence-corrected chi connectivity index (χ3v) is 4.78. The van der Waals surface area contributed by atoms with E-state index in [4.69, 9.17) is 4.74 Å². The molecule has 0 spiro atoms. The van der Waals surface area contributed by atoms with Crippen molar-refractivity contribution in [1.29, 1.82) is 0 Å². The monoisotopic (exact) mass is 355 g/mol. The standard InChI is InChI=1S/C20H25N3O3/c1-14-12-13-21-23(14)18-10-8-16(9-11-18)20(25)26-15(2)19(24)22-17-6-4-3-5-7-17/h8-13,15,17H,3-7H2,1-2H3,(H,22,24)/t15-/m1/s1. The van der Waals surface area contributed by atoms with Crippen LogP contribution in [0.3, 0.4) is 0 Å². The Morgan fingerprint density at radius 3 is 2.46 bits per heavy atom. The number of rotatable bonds is 5. The van der Waals surface area contributed by atoms with Crippen LogP contribution in [0.15, 0.2) is 36.5 Å². The molecule has 0 unspecified atom stereocenters. The van der Waals surface area contributed by atoms with Gasteiger partial charge in [-0.2, -0.15) is 5.10 Å². The fraction of sp³-hybridized carbons (Fsp3) is 0.450. The first kappa shape index (κ1) is 18.2. The van der Waals surface area contributed by atoms with Crippen molar-refractivity contribution in [1.82, 2.24) is 15.1 Å². The van der Waals surface area contributed by atoms with Crippen LogP contribution in [0.25, 0.3) is 5.69 Å². The molecule has 0 saturated heterocycles. The lowest BCUT2D eigenvalue weighted by molar-refractivity contribution is -0.130. The minimum Gasteiger partial charge on any atom is -0.449 e. The molecule has 1 aliphatic rings. The van der Waals surface area contributed by atoms with Gasteiger partial charge in [0.1, 0.15) is 0 Å². The number of aromatic nitrogens is 2. The van der Waals surface area contributed by atoms with E-state index in [1.54, 1.807) is 29.9 Å². The molecular formula is C20H25N3O3. The van der Waals surface area contributed by atoms with Crippen LogP contribution in [0.2, 0.25) is 0 Å². The Hall–Kier alpha value is -2.63. The Morgan fingerprint density at radius 2 is 1.85 bits per heavy atom. The number of benzene rings is 1. The summed E-state index contributed by atoms with van der Waals surface area (Å²) in [5.74, 6) is -0.728. The minimum absolute atomic E-state index is 0.203. The van der Waals surface area contributed by atoms with Gasteiger partial charge in [-0.15, -0.1) is 0 Å². The van der Waals surface area contributed by atoms with E-state index < -0.39 is 12.1 Å². The van der Waals surface area contributed by atoms with Gasteiger partial charge in [-0.25, -0.2) is 9.48 Å². The normalized spacial score (nSPS) is 16.1. The summed E-state index contributed by atoms with van der Waals surface area (Å²) in [6.07, 6.45) is 6.43. The second kappa shape index (κ2) is 8.17. The zero-order valence-electron chi connectivity index (χ0n) is 15.3. The molecule has 0 aliphatic heterocycles. The van der Waals surface area contributed by atoms with Crippen molar-refractivity contribution in [2.75, 3.05) is 0 Å². The van der Waals surface area contributed by atoms with E-state index in [9.17, 15) is 9.59 Å². The number of nitrogens with one attached hydrogen (secondary N) is 1. The predicted octanol–water partition coefficient (Wildman–Crippen LogP) is 3.17. The largest absolute Gasteiger partial charge is 0.449 e. The Bertz CT molecular complexity index is 761. The summed E-state index contributed by atoms with van der Waals surface area (Å²) < 4.78 is 7.11. The van der Waals surface area contributed by atoms with Crippen molar-refractivity contribution in [3.63, 3.8) is 0 Å². The first-order valence-electron chi connectivity index (χ1n) is 9.17. The Labute approximate surface area is 153 Å². The second-order valence-electron chi connectivity index (χ2n) is 6.82. The zero-order valence-corrected chi connectivity index (χ0v) is 15.3. The minimum atomic E-state index is -0.808. The van der Waals surface area contributed by atoms with E-state index in [0.717, 1.165) is 37.1 Å². The van der Waals surface area contributed by atoms with Gasteiger partial charge < -0.3 is 10.1 Å². The van der Waals surface area contributed by atoms with Crippen molar-refractivity contribution in [3.05, 3.63) is 47.8 Å². The molecule has 138 valence electrons. The van der Waals surface area contributed by atoms with E-state index in [2.05, 4.69) is 10.4 Å². The summed E-state index contributed by atoms with van der Waals surface area (Å²) in [6.45, 7) is 3.57. The van der Waals surface area contributed by atoms with Crippen molar-refractivity contribution >= 4 is 11.9 Å². The SMILES string of the molecule is Cc1ccnn1-c1ccc(C(=O)O[C@H](C)C(=O)NC2CCCCC2)cc1. The molecule has 6 heteroatoms. The Morgan fingerprint density at radius 1 is 1.15 bits per heavy atom. The van der Waals surface area contributed by atoms with Gasteiger partial charge in [0.15, 0.2) is 6.10 Å². The van der Waals surface area contributed by atoms with E-state index in [1.807, 2.05) is 25.1 Å². The number of hydrogen-bond acceptors (Lipinski definition) is 4. The predicted molar refractivity (Wildman–Crippen MR) is 98.2 cm³/mol. The van der Waals surface area contributed by atoms with Crippen LogP contribution in [-0.4, -0.2) is 33.8 Å².